The van der Waals surface area contributed by atoms with E-state index in [1.54, 1.807) is 0 Å². The van der Waals surface area contributed by atoms with Gasteiger partial charge in [-0.05, 0) is 57.8 Å². The highest BCUT2D eigenvalue weighted by Crippen LogP contribution is 2.25. The first kappa shape index (κ1) is 31.7. The van der Waals surface area contributed by atoms with Crippen molar-refractivity contribution in [1.29, 1.82) is 0 Å². The Morgan fingerprint density at radius 1 is 0.531 bits per heavy atom. The molecule has 194 valence electrons. The molecular weight excluding hydrogens is 435 g/mol. The van der Waals surface area contributed by atoms with Crippen LogP contribution in [0.25, 0.3) is 0 Å². The monoisotopic (exact) mass is 486 g/mol. The predicted molar refractivity (Wildman–Crippen MR) is 130 cm³/mol. The van der Waals surface area contributed by atoms with Crippen molar-refractivity contribution in [1.82, 2.24) is 0 Å². The lowest BCUT2D eigenvalue weighted by Gasteiger charge is -2.39. The molecular formula is C25H51F3NO2S+. The van der Waals surface area contributed by atoms with E-state index < -0.39 is 21.1 Å². The first-order valence-electron chi connectivity index (χ1n) is 13.3. The Hall–Kier alpha value is -0.300. The number of sulfone groups is 1. The van der Waals surface area contributed by atoms with Gasteiger partial charge in [0.1, 0.15) is 0 Å². The molecule has 0 unspecified atom stereocenters. The van der Waals surface area contributed by atoms with Crippen molar-refractivity contribution in [2.75, 3.05) is 31.9 Å². The van der Waals surface area contributed by atoms with E-state index in [0.717, 1.165) is 23.9 Å². The van der Waals surface area contributed by atoms with E-state index in [2.05, 4.69) is 20.8 Å². The molecule has 0 aliphatic carbocycles. The van der Waals surface area contributed by atoms with Crippen LogP contribution in [0, 0.1) is 0 Å². The molecule has 3 nitrogen and oxygen atoms in total. The Morgan fingerprint density at radius 3 is 1.16 bits per heavy atom. The Balaban J connectivity index is 4.79. The van der Waals surface area contributed by atoms with E-state index in [0.29, 0.717) is 6.42 Å². The molecule has 0 bridgehead atoms. The summed E-state index contributed by atoms with van der Waals surface area (Å²) in [4.78, 5) is 0. The molecule has 7 heteroatoms. The van der Waals surface area contributed by atoms with Crippen molar-refractivity contribution < 1.29 is 26.1 Å². The summed E-state index contributed by atoms with van der Waals surface area (Å²) in [6, 6.07) is 0. The minimum absolute atomic E-state index is 0.103. The van der Waals surface area contributed by atoms with Crippen LogP contribution in [-0.4, -0.2) is 50.3 Å². The number of unbranched alkanes of at least 4 members (excludes halogenated alkanes) is 12. The number of rotatable bonds is 22. The van der Waals surface area contributed by atoms with E-state index in [4.69, 9.17) is 0 Å². The molecule has 0 aliphatic rings. The molecule has 0 spiro atoms. The third-order valence-corrected chi connectivity index (χ3v) is 8.14. The van der Waals surface area contributed by atoms with Crippen LogP contribution < -0.4 is 0 Å². The maximum absolute atomic E-state index is 12.5. The SMILES string of the molecule is CCCCCC[N+](CCCCCC)(CCCCCC)CCCCCCS(=O)(=O)C(F)(F)F. The van der Waals surface area contributed by atoms with Gasteiger partial charge in [-0.2, -0.15) is 13.2 Å². The molecule has 0 fully saturated rings. The van der Waals surface area contributed by atoms with Crippen LogP contribution in [-0.2, 0) is 9.84 Å². The van der Waals surface area contributed by atoms with Gasteiger partial charge in [-0.15, -0.1) is 0 Å². The zero-order valence-corrected chi connectivity index (χ0v) is 22.0. The van der Waals surface area contributed by atoms with E-state index >= 15 is 0 Å². The van der Waals surface area contributed by atoms with Crippen LogP contribution in [0.15, 0.2) is 0 Å². The molecule has 32 heavy (non-hydrogen) atoms. The van der Waals surface area contributed by atoms with E-state index in [1.807, 2.05) is 0 Å². The van der Waals surface area contributed by atoms with Gasteiger partial charge in [0.15, 0.2) is 0 Å². The maximum Gasteiger partial charge on any atom is 0.497 e. The summed E-state index contributed by atoms with van der Waals surface area (Å²) in [6.45, 7) is 11.4. The van der Waals surface area contributed by atoms with Gasteiger partial charge in [0.25, 0.3) is 0 Å². The molecule has 0 N–H and O–H groups in total. The lowest BCUT2D eigenvalue weighted by atomic mass is 10.1. The van der Waals surface area contributed by atoms with Crippen LogP contribution in [0.1, 0.15) is 124 Å². The molecule has 0 heterocycles. The quantitative estimate of drug-likeness (QED) is 0.115. The molecule has 0 radical (unpaired) electrons. The summed E-state index contributed by atoms with van der Waals surface area (Å²) < 4.78 is 61.1. The minimum Gasteiger partial charge on any atom is -0.324 e. The number of alkyl halides is 3. The van der Waals surface area contributed by atoms with Gasteiger partial charge in [0, 0.05) is 0 Å². The molecule has 0 aromatic rings. The summed E-state index contributed by atoms with van der Waals surface area (Å²) >= 11 is 0. The van der Waals surface area contributed by atoms with Crippen LogP contribution in [0.4, 0.5) is 13.2 Å². The van der Waals surface area contributed by atoms with Crippen molar-refractivity contribution in [2.24, 2.45) is 0 Å². The second kappa shape index (κ2) is 18.1. The average molecular weight is 487 g/mol. The van der Waals surface area contributed by atoms with E-state index in [1.165, 1.54) is 96.7 Å². The number of hydrogen-bond donors (Lipinski definition) is 0. The number of quaternary nitrogens is 1. The van der Waals surface area contributed by atoms with Gasteiger partial charge < -0.3 is 4.48 Å². The maximum atomic E-state index is 12.5. The van der Waals surface area contributed by atoms with Crippen LogP contribution in [0.2, 0.25) is 0 Å². The summed E-state index contributed by atoms with van der Waals surface area (Å²) in [5.74, 6) is -0.776. The van der Waals surface area contributed by atoms with Gasteiger partial charge in [0.2, 0.25) is 9.84 Å². The van der Waals surface area contributed by atoms with E-state index in [-0.39, 0.29) is 6.42 Å². The number of halogens is 3. The van der Waals surface area contributed by atoms with Crippen molar-refractivity contribution in [3.8, 4) is 0 Å². The van der Waals surface area contributed by atoms with E-state index in [9.17, 15) is 21.6 Å². The number of nitrogens with zero attached hydrogens (tertiary/aromatic N) is 1. The fourth-order valence-electron chi connectivity index (χ4n) is 4.50. The summed E-state index contributed by atoms with van der Waals surface area (Å²) in [5, 5.41) is 0. The Morgan fingerprint density at radius 2 is 0.844 bits per heavy atom. The third kappa shape index (κ3) is 14.8. The lowest BCUT2D eigenvalue weighted by molar-refractivity contribution is -0.929. The molecule has 0 aliphatic heterocycles. The van der Waals surface area contributed by atoms with Crippen LogP contribution in [0.5, 0.6) is 0 Å². The lowest BCUT2D eigenvalue weighted by Crippen LogP contribution is -2.50. The zero-order valence-electron chi connectivity index (χ0n) is 21.2. The van der Waals surface area contributed by atoms with Gasteiger partial charge in [-0.3, -0.25) is 0 Å². The molecule has 0 aromatic heterocycles. The van der Waals surface area contributed by atoms with Gasteiger partial charge in [0.05, 0.1) is 31.9 Å². The summed E-state index contributed by atoms with van der Waals surface area (Å²) in [6.07, 6.45) is 17.5. The Labute approximate surface area is 197 Å². The summed E-state index contributed by atoms with van der Waals surface area (Å²) in [7, 11) is -4.97. The van der Waals surface area contributed by atoms with Gasteiger partial charge in [-0.25, -0.2) is 8.42 Å². The Bertz CT molecular complexity index is 505. The van der Waals surface area contributed by atoms with Gasteiger partial charge in [-0.1, -0.05) is 65.7 Å². The van der Waals surface area contributed by atoms with Crippen molar-refractivity contribution in [3.63, 3.8) is 0 Å². The normalized spacial score (nSPS) is 13.1. The van der Waals surface area contributed by atoms with Crippen molar-refractivity contribution in [2.45, 2.75) is 129 Å². The highest BCUT2D eigenvalue weighted by Gasteiger charge is 2.44. The highest BCUT2D eigenvalue weighted by atomic mass is 32.2. The smallest absolute Gasteiger partial charge is 0.324 e. The molecule has 0 saturated heterocycles. The first-order valence-corrected chi connectivity index (χ1v) is 14.9. The second-order valence-corrected chi connectivity index (χ2v) is 11.7. The zero-order chi connectivity index (χ0) is 24.3. The first-order chi connectivity index (χ1) is 15.1. The molecule has 0 atom stereocenters. The highest BCUT2D eigenvalue weighted by molar-refractivity contribution is 7.92. The molecule has 0 aromatic carbocycles. The third-order valence-electron chi connectivity index (χ3n) is 6.61. The average Bonchev–Trinajstić information content (AvgIpc) is 2.73. The van der Waals surface area contributed by atoms with Crippen molar-refractivity contribution in [3.05, 3.63) is 0 Å². The molecule has 0 saturated carbocycles. The molecule has 0 rings (SSSR count). The second-order valence-electron chi connectivity index (χ2n) is 9.60. The van der Waals surface area contributed by atoms with Crippen LogP contribution in [0.3, 0.4) is 0 Å². The Kier molecular flexibility index (Phi) is 17.9. The minimum atomic E-state index is -5.12. The largest absolute Gasteiger partial charge is 0.497 e. The fraction of sp³-hybridized carbons (Fsp3) is 1.00. The molecule has 0 amide bonds. The number of hydrogen-bond acceptors (Lipinski definition) is 2. The fourth-order valence-corrected chi connectivity index (χ4v) is 5.32. The van der Waals surface area contributed by atoms with Crippen LogP contribution >= 0.6 is 0 Å². The van der Waals surface area contributed by atoms with Gasteiger partial charge >= 0.3 is 5.51 Å². The standard InChI is InChI=1S/C25H51F3NO2S/c1-4-7-10-15-20-29(21-16-11-8-5-2,22-17-12-9-6-3)23-18-13-14-19-24-32(30,31)25(26,27)28/h4-24H2,1-3H3/q+1. The van der Waals surface area contributed by atoms with Crippen molar-refractivity contribution >= 4 is 9.84 Å². The summed E-state index contributed by atoms with van der Waals surface area (Å²) in [5.41, 5.74) is -5.12. The topological polar surface area (TPSA) is 34.1 Å². The predicted octanol–water partition coefficient (Wildman–Crippen LogP) is 8.04.